The molecule has 0 aliphatic carbocycles. The maximum atomic E-state index is 11.4. The minimum Gasteiger partial charge on any atom is -0.456 e. The SMILES string of the molecule is N#Cc1cc(C#N)c(-n2c3ccc(-c4ccc5oc6ccccc6c5c4)cc3c3c4oc5ccccc5c4ccc32)c(-n2c3ccc(-c4ccc5oc6ccccc6c5c4)cc3c3c4oc5ccccc5c4ccc32)c1. The van der Waals surface area contributed by atoms with Crippen LogP contribution in [0.25, 0.3) is 165 Å². The Balaban J connectivity index is 0.975. The zero-order valence-electron chi connectivity index (χ0n) is 40.1. The number of furan rings is 4. The van der Waals surface area contributed by atoms with E-state index in [2.05, 4.69) is 130 Å². The van der Waals surface area contributed by atoms with Crippen LogP contribution in [0.4, 0.5) is 0 Å². The number of para-hydroxylation sites is 4. The molecule has 0 N–H and O–H groups in total. The molecule has 0 spiro atoms. The van der Waals surface area contributed by atoms with Gasteiger partial charge in [0.25, 0.3) is 0 Å². The summed E-state index contributed by atoms with van der Waals surface area (Å²) in [5, 5.41) is 34.2. The molecule has 0 atom stereocenters. The van der Waals surface area contributed by atoms with Crippen LogP contribution in [0.3, 0.4) is 0 Å². The van der Waals surface area contributed by atoms with Gasteiger partial charge in [0.05, 0.1) is 61.4 Å². The Morgan fingerprint density at radius 2 is 0.697 bits per heavy atom. The van der Waals surface area contributed by atoms with Crippen LogP contribution in [0.2, 0.25) is 0 Å². The van der Waals surface area contributed by atoms with E-state index in [1.165, 1.54) is 0 Å². The van der Waals surface area contributed by atoms with Crippen molar-refractivity contribution >= 4 is 131 Å². The van der Waals surface area contributed by atoms with E-state index in [0.717, 1.165) is 154 Å². The van der Waals surface area contributed by atoms with Crippen molar-refractivity contribution in [1.82, 2.24) is 9.13 Å². The Morgan fingerprint density at radius 3 is 1.18 bits per heavy atom. The molecule has 11 aromatic carbocycles. The zero-order valence-corrected chi connectivity index (χ0v) is 40.1. The van der Waals surface area contributed by atoms with Crippen molar-refractivity contribution in [2.45, 2.75) is 0 Å². The molecule has 0 bridgehead atoms. The molecule has 8 nitrogen and oxygen atoms in total. The van der Waals surface area contributed by atoms with E-state index in [0.29, 0.717) is 22.5 Å². The van der Waals surface area contributed by atoms with Gasteiger partial charge in [-0.25, -0.2) is 0 Å². The van der Waals surface area contributed by atoms with E-state index >= 15 is 0 Å². The molecule has 0 fully saturated rings. The quantitative estimate of drug-likeness (QED) is 0.174. The van der Waals surface area contributed by atoms with Crippen LogP contribution in [-0.2, 0) is 0 Å². The van der Waals surface area contributed by atoms with Crippen LogP contribution in [0.5, 0.6) is 0 Å². The summed E-state index contributed by atoms with van der Waals surface area (Å²) in [6.45, 7) is 0. The van der Waals surface area contributed by atoms with Gasteiger partial charge in [-0.15, -0.1) is 0 Å². The molecule has 6 heterocycles. The van der Waals surface area contributed by atoms with Crippen LogP contribution >= 0.6 is 0 Å². The first-order chi connectivity index (χ1) is 37.6. The summed E-state index contributed by atoms with van der Waals surface area (Å²) in [4.78, 5) is 0. The first-order valence-corrected chi connectivity index (χ1v) is 25.2. The number of benzene rings is 11. The van der Waals surface area contributed by atoms with Crippen LogP contribution in [0.15, 0.2) is 224 Å². The van der Waals surface area contributed by atoms with Gasteiger partial charge in [0.15, 0.2) is 0 Å². The maximum Gasteiger partial charge on any atom is 0.145 e. The van der Waals surface area contributed by atoms with E-state index in [1.807, 2.05) is 91.0 Å². The molecule has 0 aliphatic rings. The number of nitriles is 2. The van der Waals surface area contributed by atoms with Gasteiger partial charge < -0.3 is 26.8 Å². The van der Waals surface area contributed by atoms with E-state index < -0.39 is 0 Å². The summed E-state index contributed by atoms with van der Waals surface area (Å²) in [6.07, 6.45) is 0. The van der Waals surface area contributed by atoms with Crippen molar-refractivity contribution in [1.29, 1.82) is 10.5 Å². The molecule has 0 unspecified atom stereocenters. The van der Waals surface area contributed by atoms with Gasteiger partial charge in [-0.3, -0.25) is 0 Å². The molecule has 17 aromatic rings. The number of hydrogen-bond donors (Lipinski definition) is 0. The molecule has 17 rings (SSSR count). The number of rotatable bonds is 4. The third-order valence-electron chi connectivity index (χ3n) is 15.8. The topological polar surface area (TPSA) is 110 Å². The Hall–Kier alpha value is -10.8. The van der Waals surface area contributed by atoms with Gasteiger partial charge in [0, 0.05) is 53.9 Å². The number of aromatic nitrogens is 2. The lowest BCUT2D eigenvalue weighted by molar-refractivity contribution is 0.668. The Kier molecular flexibility index (Phi) is 7.99. The lowest BCUT2D eigenvalue weighted by Crippen LogP contribution is -2.07. The second-order valence-electron chi connectivity index (χ2n) is 19.7. The summed E-state index contributed by atoms with van der Waals surface area (Å²) in [5.41, 5.74) is 16.0. The normalized spacial score (nSPS) is 12.2. The number of nitrogens with zero attached hydrogens (tertiary/aromatic N) is 4. The Morgan fingerprint density at radius 1 is 0.303 bits per heavy atom. The van der Waals surface area contributed by atoms with Gasteiger partial charge in [-0.1, -0.05) is 97.1 Å². The minimum absolute atomic E-state index is 0.344. The molecule has 8 heteroatoms. The summed E-state index contributed by atoms with van der Waals surface area (Å²) >= 11 is 0. The minimum atomic E-state index is 0.344. The summed E-state index contributed by atoms with van der Waals surface area (Å²) < 4.78 is 30.6. The Bertz CT molecular complexity index is 5520. The Labute approximate surface area is 429 Å². The highest BCUT2D eigenvalue weighted by atomic mass is 16.3. The molecule has 0 aliphatic heterocycles. The lowest BCUT2D eigenvalue weighted by atomic mass is 10.00. The van der Waals surface area contributed by atoms with Gasteiger partial charge in [-0.05, 0) is 131 Å². The van der Waals surface area contributed by atoms with Crippen LogP contribution in [0, 0.1) is 22.7 Å². The number of fused-ring (bicyclic) bond motifs is 20. The van der Waals surface area contributed by atoms with E-state index in [4.69, 9.17) is 17.7 Å². The standard InChI is InChI=1S/C68H34N4O4/c69-35-37-29-42(36-70)66(72-54-24-18-39(41-20-28-63-50(32-41)46-12-4-6-14-59(46)74-63)34-52(54)65-56(72)26-22-48-44-10-2-8-16-61(44)76-68(48)65)57(30-37)71-53-23-17-38(40-19-27-62-49(31-40)45-11-3-5-13-58(45)73-62)33-51(53)64-55(71)25-21-47-43-9-1-7-15-60(43)75-67(47)64/h1-34H. The molecule has 0 radical (unpaired) electrons. The van der Waals surface area contributed by atoms with Crippen molar-refractivity contribution in [3.05, 3.63) is 217 Å². The highest BCUT2D eigenvalue weighted by Crippen LogP contribution is 2.47. The molecule has 0 amide bonds. The largest absolute Gasteiger partial charge is 0.456 e. The average Bonchev–Trinajstić information content (AvgIpc) is 4.46. The fourth-order valence-electron chi connectivity index (χ4n) is 12.4. The van der Waals surface area contributed by atoms with E-state index in [1.54, 1.807) is 6.07 Å². The van der Waals surface area contributed by atoms with Crippen molar-refractivity contribution in [3.8, 4) is 45.8 Å². The lowest BCUT2D eigenvalue weighted by Gasteiger charge is -2.19. The van der Waals surface area contributed by atoms with Gasteiger partial charge >= 0.3 is 0 Å². The third-order valence-corrected chi connectivity index (χ3v) is 15.8. The van der Waals surface area contributed by atoms with Crippen molar-refractivity contribution in [3.63, 3.8) is 0 Å². The second kappa shape index (κ2) is 14.9. The number of hydrogen-bond acceptors (Lipinski definition) is 6. The van der Waals surface area contributed by atoms with Crippen LogP contribution < -0.4 is 0 Å². The zero-order chi connectivity index (χ0) is 49.9. The van der Waals surface area contributed by atoms with Crippen molar-refractivity contribution < 1.29 is 17.7 Å². The molecular weight excluding hydrogens is 937 g/mol. The predicted molar refractivity (Wildman–Crippen MR) is 305 cm³/mol. The first-order valence-electron chi connectivity index (χ1n) is 25.2. The third kappa shape index (κ3) is 5.48. The molecule has 0 saturated carbocycles. The predicted octanol–water partition coefficient (Wildman–Crippen LogP) is 18.6. The summed E-state index contributed by atoms with van der Waals surface area (Å²) in [6, 6.07) is 75.5. The highest BCUT2D eigenvalue weighted by Gasteiger charge is 2.27. The highest BCUT2D eigenvalue weighted by molar-refractivity contribution is 6.26. The van der Waals surface area contributed by atoms with Gasteiger partial charge in [0.1, 0.15) is 50.7 Å². The van der Waals surface area contributed by atoms with Crippen LogP contribution in [-0.4, -0.2) is 9.13 Å². The van der Waals surface area contributed by atoms with Crippen molar-refractivity contribution in [2.75, 3.05) is 0 Å². The molecular formula is C68H34N4O4. The smallest absolute Gasteiger partial charge is 0.145 e. The molecule has 0 saturated heterocycles. The fraction of sp³-hybridized carbons (Fsp3) is 0. The summed E-state index contributed by atoms with van der Waals surface area (Å²) in [7, 11) is 0. The van der Waals surface area contributed by atoms with Crippen LogP contribution in [0.1, 0.15) is 11.1 Å². The maximum absolute atomic E-state index is 11.4. The van der Waals surface area contributed by atoms with E-state index in [9.17, 15) is 10.5 Å². The summed E-state index contributed by atoms with van der Waals surface area (Å²) in [5.74, 6) is 0. The van der Waals surface area contributed by atoms with E-state index in [-0.39, 0.29) is 0 Å². The monoisotopic (exact) mass is 970 g/mol. The first kappa shape index (κ1) is 40.8. The average molecular weight is 971 g/mol. The van der Waals surface area contributed by atoms with Crippen molar-refractivity contribution in [2.24, 2.45) is 0 Å². The molecule has 350 valence electrons. The molecule has 76 heavy (non-hydrogen) atoms. The fourth-order valence-corrected chi connectivity index (χ4v) is 12.4. The molecule has 6 aromatic heterocycles. The second-order valence-corrected chi connectivity index (χ2v) is 19.7. The van der Waals surface area contributed by atoms with Gasteiger partial charge in [-0.2, -0.15) is 10.5 Å². The van der Waals surface area contributed by atoms with Gasteiger partial charge in [0.2, 0.25) is 0 Å².